The number of pyridine rings is 1. The fraction of sp³-hybridized carbons (Fsp3) is 0.273. The second-order valence-corrected chi connectivity index (χ2v) is 8.93. The Morgan fingerprint density at radius 1 is 1.00 bits per heavy atom. The number of amides is 1. The lowest BCUT2D eigenvalue weighted by Gasteiger charge is -2.12. The number of carbonyl (C=O) groups is 1. The zero-order valence-corrected chi connectivity index (χ0v) is 18.1. The molecule has 0 aliphatic carbocycles. The maximum Gasteiger partial charge on any atom is 0.416 e. The van der Waals surface area contributed by atoms with Crippen molar-refractivity contribution in [2.24, 2.45) is 0 Å². The summed E-state index contributed by atoms with van der Waals surface area (Å²) in [5.41, 5.74) is 0.526. The number of carbonyl (C=O) groups excluding carboxylic acids is 1. The third-order valence-electron chi connectivity index (χ3n) is 4.75. The topological polar surface area (TPSA) is 88.2 Å². The number of rotatable bonds is 8. The van der Waals surface area contributed by atoms with Crippen LogP contribution in [0.4, 0.5) is 18.9 Å². The highest BCUT2D eigenvalue weighted by Crippen LogP contribution is 2.30. The fourth-order valence-electron chi connectivity index (χ4n) is 3.13. The lowest BCUT2D eigenvalue weighted by atomic mass is 10.1. The van der Waals surface area contributed by atoms with E-state index in [1.165, 1.54) is 6.92 Å². The van der Waals surface area contributed by atoms with E-state index in [4.69, 9.17) is 0 Å². The minimum atomic E-state index is -4.55. The highest BCUT2D eigenvalue weighted by Gasteiger charge is 2.30. The zero-order chi connectivity index (χ0) is 23.4. The van der Waals surface area contributed by atoms with E-state index in [1.807, 2.05) is 12.1 Å². The van der Waals surface area contributed by atoms with Crippen molar-refractivity contribution >= 4 is 32.5 Å². The molecule has 1 amide bonds. The van der Waals surface area contributed by atoms with Gasteiger partial charge in [-0.15, -0.1) is 0 Å². The molecule has 0 aliphatic heterocycles. The molecule has 0 saturated heterocycles. The van der Waals surface area contributed by atoms with E-state index in [9.17, 15) is 26.4 Å². The smallest absolute Gasteiger partial charge is 0.356 e. The Morgan fingerprint density at radius 2 is 1.72 bits per heavy atom. The predicted molar refractivity (Wildman–Crippen MR) is 116 cm³/mol. The Balaban J connectivity index is 1.79. The maximum atomic E-state index is 12.8. The van der Waals surface area contributed by atoms with Crippen LogP contribution < -0.4 is 10.0 Å². The lowest BCUT2D eigenvalue weighted by Crippen LogP contribution is -2.20. The Morgan fingerprint density at radius 3 is 2.38 bits per heavy atom. The van der Waals surface area contributed by atoms with Gasteiger partial charge in [-0.25, -0.2) is 8.42 Å². The van der Waals surface area contributed by atoms with Gasteiger partial charge in [-0.3, -0.25) is 14.5 Å². The Hall–Kier alpha value is -3.14. The molecule has 1 heterocycles. The van der Waals surface area contributed by atoms with Gasteiger partial charge in [0.2, 0.25) is 5.91 Å². The number of unbranched alkanes of at least 4 members (excludes halogenated alkanes) is 1. The van der Waals surface area contributed by atoms with Gasteiger partial charge in [0, 0.05) is 24.5 Å². The molecule has 1 aromatic heterocycles. The van der Waals surface area contributed by atoms with E-state index in [1.54, 1.807) is 18.2 Å². The van der Waals surface area contributed by atoms with Crippen molar-refractivity contribution in [3.63, 3.8) is 0 Å². The quantitative estimate of drug-likeness (QED) is 0.479. The Labute approximate surface area is 183 Å². The molecule has 10 heteroatoms. The van der Waals surface area contributed by atoms with Crippen molar-refractivity contribution in [3.8, 4) is 0 Å². The zero-order valence-electron chi connectivity index (χ0n) is 17.2. The monoisotopic (exact) mass is 465 g/mol. The largest absolute Gasteiger partial charge is 0.416 e. The van der Waals surface area contributed by atoms with Crippen LogP contribution in [0.1, 0.15) is 31.0 Å². The number of halogens is 3. The number of sulfonamides is 1. The summed E-state index contributed by atoms with van der Waals surface area (Å²) < 4.78 is 66.2. The van der Waals surface area contributed by atoms with Crippen molar-refractivity contribution in [1.82, 2.24) is 10.3 Å². The van der Waals surface area contributed by atoms with E-state index >= 15 is 0 Å². The van der Waals surface area contributed by atoms with Crippen LogP contribution in [0.3, 0.4) is 0 Å². The van der Waals surface area contributed by atoms with Gasteiger partial charge in [0.1, 0.15) is 0 Å². The molecule has 2 aromatic carbocycles. The summed E-state index contributed by atoms with van der Waals surface area (Å²) in [6.07, 6.45) is -2.33. The number of aromatic nitrogens is 1. The van der Waals surface area contributed by atoms with Gasteiger partial charge in [-0.1, -0.05) is 18.2 Å². The summed E-state index contributed by atoms with van der Waals surface area (Å²) in [5.74, 6) is -0.0844. The average Bonchev–Trinajstić information content (AvgIpc) is 2.73. The molecule has 0 unspecified atom stereocenters. The summed E-state index contributed by atoms with van der Waals surface area (Å²) in [4.78, 5) is 15.2. The first-order valence-electron chi connectivity index (χ1n) is 9.89. The summed E-state index contributed by atoms with van der Waals surface area (Å²) in [5, 5.41) is 3.45. The van der Waals surface area contributed by atoms with Gasteiger partial charge in [0.25, 0.3) is 10.0 Å². The summed E-state index contributed by atoms with van der Waals surface area (Å²) in [7, 11) is -4.11. The summed E-state index contributed by atoms with van der Waals surface area (Å²) >= 11 is 0. The molecule has 3 rings (SSSR count). The van der Waals surface area contributed by atoms with E-state index in [2.05, 4.69) is 15.0 Å². The van der Waals surface area contributed by atoms with Crippen LogP contribution in [-0.2, 0) is 27.4 Å². The molecule has 3 aromatic rings. The summed E-state index contributed by atoms with van der Waals surface area (Å²) in [6, 6.07) is 12.0. The highest BCUT2D eigenvalue weighted by atomic mass is 32.2. The number of aryl methyl sites for hydroxylation is 1. The SMILES string of the molecule is CC(=O)NCCCCc1ccc2cccc(NS(=O)(=O)c3ccc(C(F)(F)F)cc3)c2n1. The predicted octanol–water partition coefficient (Wildman–Crippen LogP) is 4.51. The van der Waals surface area contributed by atoms with Gasteiger partial charge < -0.3 is 5.32 Å². The van der Waals surface area contributed by atoms with E-state index < -0.39 is 21.8 Å². The lowest BCUT2D eigenvalue weighted by molar-refractivity contribution is -0.137. The number of alkyl halides is 3. The molecule has 2 N–H and O–H groups in total. The van der Waals surface area contributed by atoms with Crippen molar-refractivity contribution in [1.29, 1.82) is 0 Å². The molecule has 0 saturated carbocycles. The number of nitrogens with one attached hydrogen (secondary N) is 2. The number of anilines is 1. The van der Waals surface area contributed by atoms with Crippen molar-refractivity contribution in [2.75, 3.05) is 11.3 Å². The van der Waals surface area contributed by atoms with Crippen LogP contribution in [-0.4, -0.2) is 25.9 Å². The molecule has 32 heavy (non-hydrogen) atoms. The van der Waals surface area contributed by atoms with Crippen molar-refractivity contribution in [2.45, 2.75) is 37.3 Å². The first kappa shape index (κ1) is 23.5. The molecule has 0 bridgehead atoms. The second-order valence-electron chi connectivity index (χ2n) is 7.25. The van der Waals surface area contributed by atoms with Crippen LogP contribution in [0.15, 0.2) is 59.5 Å². The van der Waals surface area contributed by atoms with Crippen molar-refractivity contribution < 1.29 is 26.4 Å². The molecule has 0 atom stereocenters. The fourth-order valence-corrected chi connectivity index (χ4v) is 4.20. The normalized spacial score (nSPS) is 12.0. The molecular formula is C22H22F3N3O3S. The molecule has 0 radical (unpaired) electrons. The molecule has 170 valence electrons. The van der Waals surface area contributed by atoms with Crippen LogP contribution in [0.25, 0.3) is 10.9 Å². The standard InChI is InChI=1S/C22H22F3N3O3S/c1-15(29)26-14-3-2-6-18-11-8-16-5-4-7-20(21(16)27-18)28-32(30,31)19-12-9-17(10-13-19)22(23,24)25/h4-5,7-13,28H,2-3,6,14H2,1H3,(H,26,29). The van der Waals surface area contributed by atoms with Gasteiger partial charge in [-0.05, 0) is 55.7 Å². The number of nitrogens with zero attached hydrogens (tertiary/aromatic N) is 1. The minimum Gasteiger partial charge on any atom is -0.356 e. The molecule has 0 aliphatic rings. The van der Waals surface area contributed by atoms with Gasteiger partial charge in [-0.2, -0.15) is 13.2 Å². The first-order valence-corrected chi connectivity index (χ1v) is 11.4. The number of hydrogen-bond acceptors (Lipinski definition) is 4. The summed E-state index contributed by atoms with van der Waals surface area (Å²) in [6.45, 7) is 2.03. The van der Waals surface area contributed by atoms with Crippen molar-refractivity contribution in [3.05, 3.63) is 65.9 Å². The molecular weight excluding hydrogens is 443 g/mol. The first-order chi connectivity index (χ1) is 15.1. The van der Waals surface area contributed by atoms with Crippen LogP contribution in [0.5, 0.6) is 0 Å². The number of hydrogen-bond donors (Lipinski definition) is 2. The second kappa shape index (κ2) is 9.56. The molecule has 6 nitrogen and oxygen atoms in total. The van der Waals surface area contributed by atoms with E-state index in [0.29, 0.717) is 18.5 Å². The number of benzene rings is 2. The Kier molecular flexibility index (Phi) is 7.02. The van der Waals surface area contributed by atoms with E-state index in [-0.39, 0.29) is 16.5 Å². The van der Waals surface area contributed by atoms with E-state index in [0.717, 1.165) is 48.2 Å². The van der Waals surface area contributed by atoms with Crippen LogP contribution in [0, 0.1) is 0 Å². The number of fused-ring (bicyclic) bond motifs is 1. The molecule has 0 fully saturated rings. The Bertz CT molecular complexity index is 1210. The molecule has 0 spiro atoms. The third-order valence-corrected chi connectivity index (χ3v) is 6.13. The van der Waals surface area contributed by atoms with Crippen LogP contribution in [0.2, 0.25) is 0 Å². The maximum absolute atomic E-state index is 12.8. The highest BCUT2D eigenvalue weighted by molar-refractivity contribution is 7.92. The minimum absolute atomic E-state index is 0.0844. The number of para-hydroxylation sites is 1. The van der Waals surface area contributed by atoms with Gasteiger partial charge >= 0.3 is 6.18 Å². The van der Waals surface area contributed by atoms with Crippen LogP contribution >= 0.6 is 0 Å². The average molecular weight is 465 g/mol. The van der Waals surface area contributed by atoms with Gasteiger partial charge in [0.05, 0.1) is 21.7 Å². The third kappa shape index (κ3) is 5.97. The van der Waals surface area contributed by atoms with Gasteiger partial charge in [0.15, 0.2) is 0 Å².